The molecule has 4 rings (SSSR count). The summed E-state index contributed by atoms with van der Waals surface area (Å²) in [5, 5.41) is 0. The first-order valence-corrected chi connectivity index (χ1v) is 12.0. The van der Waals surface area contributed by atoms with Crippen LogP contribution in [0.15, 0.2) is 47.4 Å². The SMILES string of the molecule is CN(C)S(=O)(=O)c1ccc2c(c1)CCN2C(=O)c1ccc(CN2CCCCC2)cc1. The van der Waals surface area contributed by atoms with Gasteiger partial charge in [-0.1, -0.05) is 18.6 Å². The summed E-state index contributed by atoms with van der Waals surface area (Å²) in [5.74, 6) is -0.0403. The van der Waals surface area contributed by atoms with Crippen LogP contribution in [0.1, 0.15) is 40.7 Å². The first kappa shape index (κ1) is 21.0. The lowest BCUT2D eigenvalue weighted by molar-refractivity contribution is 0.0989. The summed E-state index contributed by atoms with van der Waals surface area (Å²) in [6.07, 6.45) is 4.51. The minimum atomic E-state index is -3.48. The van der Waals surface area contributed by atoms with E-state index in [4.69, 9.17) is 0 Å². The average Bonchev–Trinajstić information content (AvgIpc) is 3.17. The van der Waals surface area contributed by atoms with E-state index in [0.29, 0.717) is 18.5 Å². The Morgan fingerprint density at radius 2 is 1.67 bits per heavy atom. The van der Waals surface area contributed by atoms with E-state index in [1.807, 2.05) is 24.3 Å². The van der Waals surface area contributed by atoms with Crippen molar-refractivity contribution in [3.8, 4) is 0 Å². The third kappa shape index (κ3) is 4.15. The normalized spacial score (nSPS) is 17.4. The van der Waals surface area contributed by atoms with E-state index in [1.54, 1.807) is 23.1 Å². The lowest BCUT2D eigenvalue weighted by atomic mass is 10.1. The maximum atomic E-state index is 13.1. The Morgan fingerprint density at radius 3 is 2.33 bits per heavy atom. The third-order valence-corrected chi connectivity index (χ3v) is 7.84. The molecule has 1 amide bonds. The number of piperidine rings is 1. The number of amides is 1. The lowest BCUT2D eigenvalue weighted by Crippen LogP contribution is -2.30. The molecule has 0 spiro atoms. The Morgan fingerprint density at radius 1 is 0.967 bits per heavy atom. The first-order valence-electron chi connectivity index (χ1n) is 10.5. The van der Waals surface area contributed by atoms with Crippen molar-refractivity contribution in [1.29, 1.82) is 0 Å². The molecule has 30 heavy (non-hydrogen) atoms. The number of benzene rings is 2. The van der Waals surface area contributed by atoms with Gasteiger partial charge in [-0.25, -0.2) is 12.7 Å². The summed E-state index contributed by atoms with van der Waals surface area (Å²) >= 11 is 0. The van der Waals surface area contributed by atoms with Crippen molar-refractivity contribution in [2.24, 2.45) is 0 Å². The number of fused-ring (bicyclic) bond motifs is 1. The number of carbonyl (C=O) groups excluding carboxylic acids is 1. The minimum absolute atomic E-state index is 0.0403. The molecule has 0 unspecified atom stereocenters. The number of carbonyl (C=O) groups is 1. The third-order valence-electron chi connectivity index (χ3n) is 6.03. The van der Waals surface area contributed by atoms with Gasteiger partial charge in [0.25, 0.3) is 5.91 Å². The van der Waals surface area contributed by atoms with Gasteiger partial charge in [-0.3, -0.25) is 9.69 Å². The number of anilines is 1. The molecule has 2 aliphatic heterocycles. The molecule has 0 bridgehead atoms. The molecule has 7 heteroatoms. The van der Waals surface area contributed by atoms with Gasteiger partial charge in [0.2, 0.25) is 10.0 Å². The topological polar surface area (TPSA) is 60.9 Å². The number of rotatable bonds is 5. The summed E-state index contributed by atoms with van der Waals surface area (Å²) in [6.45, 7) is 3.80. The van der Waals surface area contributed by atoms with Crippen molar-refractivity contribution in [1.82, 2.24) is 9.21 Å². The highest BCUT2D eigenvalue weighted by molar-refractivity contribution is 7.89. The second-order valence-electron chi connectivity index (χ2n) is 8.32. The number of sulfonamides is 1. The molecular formula is C23H29N3O3S. The molecule has 2 aromatic rings. The zero-order valence-electron chi connectivity index (χ0n) is 17.7. The van der Waals surface area contributed by atoms with Gasteiger partial charge in [0.15, 0.2) is 0 Å². The van der Waals surface area contributed by atoms with Crippen molar-refractivity contribution in [3.05, 3.63) is 59.2 Å². The Labute approximate surface area is 179 Å². The van der Waals surface area contributed by atoms with E-state index in [-0.39, 0.29) is 10.8 Å². The van der Waals surface area contributed by atoms with Gasteiger partial charge >= 0.3 is 0 Å². The van der Waals surface area contributed by atoms with Gasteiger partial charge in [0.1, 0.15) is 0 Å². The summed E-state index contributed by atoms with van der Waals surface area (Å²) in [7, 11) is -0.437. The van der Waals surface area contributed by atoms with Crippen molar-refractivity contribution in [2.45, 2.75) is 37.1 Å². The van der Waals surface area contributed by atoms with Gasteiger partial charge < -0.3 is 4.90 Å². The number of nitrogens with zero attached hydrogens (tertiary/aromatic N) is 3. The molecule has 1 saturated heterocycles. The van der Waals surface area contributed by atoms with E-state index in [9.17, 15) is 13.2 Å². The summed E-state index contributed by atoms with van der Waals surface area (Å²) in [5.41, 5.74) is 3.59. The highest BCUT2D eigenvalue weighted by atomic mass is 32.2. The van der Waals surface area contributed by atoms with E-state index in [1.165, 1.54) is 43.2 Å². The van der Waals surface area contributed by atoms with Crippen LogP contribution in [-0.2, 0) is 23.0 Å². The molecule has 2 heterocycles. The highest BCUT2D eigenvalue weighted by Crippen LogP contribution is 2.32. The maximum absolute atomic E-state index is 13.1. The largest absolute Gasteiger partial charge is 0.308 e. The van der Waals surface area contributed by atoms with Crippen LogP contribution in [0, 0.1) is 0 Å². The fourth-order valence-electron chi connectivity index (χ4n) is 4.24. The number of hydrogen-bond donors (Lipinski definition) is 0. The Hall–Kier alpha value is -2.22. The molecule has 0 N–H and O–H groups in total. The molecule has 2 aromatic carbocycles. The molecule has 6 nitrogen and oxygen atoms in total. The highest BCUT2D eigenvalue weighted by Gasteiger charge is 2.28. The molecule has 0 atom stereocenters. The Bertz CT molecular complexity index is 1030. The van der Waals surface area contributed by atoms with Crippen molar-refractivity contribution in [3.63, 3.8) is 0 Å². The van der Waals surface area contributed by atoms with Crippen LogP contribution in [0.5, 0.6) is 0 Å². The zero-order chi connectivity index (χ0) is 21.3. The van der Waals surface area contributed by atoms with Crippen LogP contribution >= 0.6 is 0 Å². The predicted octanol–water partition coefficient (Wildman–Crippen LogP) is 3.13. The van der Waals surface area contributed by atoms with Crippen LogP contribution in [0.4, 0.5) is 5.69 Å². The predicted molar refractivity (Wildman–Crippen MR) is 118 cm³/mol. The van der Waals surface area contributed by atoms with E-state index >= 15 is 0 Å². The van der Waals surface area contributed by atoms with Crippen LogP contribution in [0.3, 0.4) is 0 Å². The minimum Gasteiger partial charge on any atom is -0.308 e. The van der Waals surface area contributed by atoms with Gasteiger partial charge in [0.05, 0.1) is 4.90 Å². The second kappa shape index (κ2) is 8.49. The zero-order valence-corrected chi connectivity index (χ0v) is 18.5. The summed E-state index contributed by atoms with van der Waals surface area (Å²) in [6, 6.07) is 12.9. The molecule has 160 valence electrons. The molecule has 0 aliphatic carbocycles. The van der Waals surface area contributed by atoms with Crippen LogP contribution in [-0.4, -0.2) is 57.3 Å². The molecule has 2 aliphatic rings. The van der Waals surface area contributed by atoms with E-state index in [0.717, 1.165) is 30.9 Å². The van der Waals surface area contributed by atoms with Gasteiger partial charge in [0, 0.05) is 38.4 Å². The molecule has 0 aromatic heterocycles. The van der Waals surface area contributed by atoms with Gasteiger partial charge in [-0.15, -0.1) is 0 Å². The van der Waals surface area contributed by atoms with Crippen LogP contribution < -0.4 is 4.90 Å². The fraction of sp³-hybridized carbons (Fsp3) is 0.435. The summed E-state index contributed by atoms with van der Waals surface area (Å²) < 4.78 is 26.0. The molecule has 0 saturated carbocycles. The quantitative estimate of drug-likeness (QED) is 0.736. The monoisotopic (exact) mass is 427 g/mol. The fourth-order valence-corrected chi connectivity index (χ4v) is 5.20. The van der Waals surface area contributed by atoms with Crippen molar-refractivity contribution < 1.29 is 13.2 Å². The average molecular weight is 428 g/mol. The maximum Gasteiger partial charge on any atom is 0.258 e. The summed E-state index contributed by atoms with van der Waals surface area (Å²) in [4.78, 5) is 17.6. The lowest BCUT2D eigenvalue weighted by Gasteiger charge is -2.26. The van der Waals surface area contributed by atoms with Gasteiger partial charge in [-0.2, -0.15) is 0 Å². The molecular weight excluding hydrogens is 398 g/mol. The Kier molecular flexibility index (Phi) is 5.95. The number of likely N-dealkylation sites (tertiary alicyclic amines) is 1. The molecule has 0 radical (unpaired) electrons. The van der Waals surface area contributed by atoms with Crippen molar-refractivity contribution >= 4 is 21.6 Å². The number of hydrogen-bond acceptors (Lipinski definition) is 4. The van der Waals surface area contributed by atoms with Crippen LogP contribution in [0.2, 0.25) is 0 Å². The van der Waals surface area contributed by atoms with Crippen LogP contribution in [0.25, 0.3) is 0 Å². The second-order valence-corrected chi connectivity index (χ2v) is 10.5. The van der Waals surface area contributed by atoms with E-state index in [2.05, 4.69) is 4.90 Å². The van der Waals surface area contributed by atoms with Crippen molar-refractivity contribution in [2.75, 3.05) is 38.6 Å². The Balaban J connectivity index is 1.49. The smallest absolute Gasteiger partial charge is 0.258 e. The first-order chi connectivity index (χ1) is 14.4. The van der Waals surface area contributed by atoms with Gasteiger partial charge in [-0.05, 0) is 73.8 Å². The molecule has 1 fully saturated rings. The standard InChI is InChI=1S/C23H29N3O3S/c1-24(2)30(28,29)21-10-11-22-20(16-21)12-15-26(22)23(27)19-8-6-18(7-9-19)17-25-13-4-3-5-14-25/h6-11,16H,3-5,12-15,17H2,1-2H3. The van der Waals surface area contributed by atoms with E-state index < -0.39 is 10.0 Å².